The fraction of sp³-hybridized carbons (Fsp3) is 0.389. The first-order valence-corrected chi connectivity index (χ1v) is 7.73. The van der Waals surface area contributed by atoms with Crippen molar-refractivity contribution in [2.75, 3.05) is 0 Å². The molecular weight excluding hydrogens is 262 g/mol. The second-order valence-corrected chi connectivity index (χ2v) is 5.73. The Bertz CT molecular complexity index is 583. The summed E-state index contributed by atoms with van der Waals surface area (Å²) in [6, 6.07) is 11.9. The molecule has 1 aliphatic rings. The third-order valence-corrected chi connectivity index (χ3v) is 4.18. The predicted molar refractivity (Wildman–Crippen MR) is 82.6 cm³/mol. The van der Waals surface area contributed by atoms with Crippen molar-refractivity contribution in [2.24, 2.45) is 5.92 Å². The molecule has 2 aromatic rings. The predicted octanol–water partition coefficient (Wildman–Crippen LogP) is 4.14. The van der Waals surface area contributed by atoms with Crippen LogP contribution in [-0.4, -0.2) is 5.91 Å². The van der Waals surface area contributed by atoms with Gasteiger partial charge in [-0.1, -0.05) is 37.5 Å². The van der Waals surface area contributed by atoms with Crippen LogP contribution in [0.1, 0.15) is 37.7 Å². The van der Waals surface area contributed by atoms with E-state index in [1.54, 1.807) is 6.26 Å². The minimum Gasteiger partial charge on any atom is -0.464 e. The molecule has 21 heavy (non-hydrogen) atoms. The summed E-state index contributed by atoms with van der Waals surface area (Å²) in [6.07, 6.45) is 7.40. The molecule has 1 aromatic heterocycles. The highest BCUT2D eigenvalue weighted by atomic mass is 16.3. The van der Waals surface area contributed by atoms with Crippen molar-refractivity contribution in [1.82, 2.24) is 5.32 Å². The van der Waals surface area contributed by atoms with Crippen LogP contribution in [0.25, 0.3) is 11.3 Å². The minimum absolute atomic E-state index is 0.207. The topological polar surface area (TPSA) is 42.2 Å². The molecule has 1 aliphatic carbocycles. The molecule has 1 N–H and O–H groups in total. The number of carbonyl (C=O) groups excluding carboxylic acids is 1. The van der Waals surface area contributed by atoms with E-state index in [-0.39, 0.29) is 11.8 Å². The van der Waals surface area contributed by atoms with E-state index in [4.69, 9.17) is 4.42 Å². The van der Waals surface area contributed by atoms with Crippen LogP contribution in [0.5, 0.6) is 0 Å². The smallest absolute Gasteiger partial charge is 0.223 e. The lowest BCUT2D eigenvalue weighted by Crippen LogP contribution is -2.31. The molecular formula is C18H21NO2. The van der Waals surface area contributed by atoms with Crippen molar-refractivity contribution < 1.29 is 9.21 Å². The number of hydrogen-bond donors (Lipinski definition) is 1. The summed E-state index contributed by atoms with van der Waals surface area (Å²) in [5, 5.41) is 3.07. The van der Waals surface area contributed by atoms with Crippen LogP contribution in [0.4, 0.5) is 0 Å². The first kappa shape index (κ1) is 13.9. The van der Waals surface area contributed by atoms with Crippen molar-refractivity contribution in [1.29, 1.82) is 0 Å². The number of furan rings is 1. The summed E-state index contributed by atoms with van der Waals surface area (Å²) < 4.78 is 5.41. The van der Waals surface area contributed by atoms with Gasteiger partial charge in [-0.05, 0) is 36.6 Å². The van der Waals surface area contributed by atoms with Gasteiger partial charge in [-0.25, -0.2) is 0 Å². The first-order chi connectivity index (χ1) is 10.3. The van der Waals surface area contributed by atoms with Gasteiger partial charge in [-0.15, -0.1) is 0 Å². The fourth-order valence-corrected chi connectivity index (χ4v) is 2.98. The van der Waals surface area contributed by atoms with E-state index in [1.807, 2.05) is 30.3 Å². The number of nitrogens with one attached hydrogen (secondary N) is 1. The third kappa shape index (κ3) is 3.54. The highest BCUT2D eigenvalue weighted by molar-refractivity contribution is 5.78. The summed E-state index contributed by atoms with van der Waals surface area (Å²) in [6.45, 7) is 0.587. The second-order valence-electron chi connectivity index (χ2n) is 5.73. The highest BCUT2D eigenvalue weighted by Gasteiger charge is 2.20. The molecule has 0 spiro atoms. The molecule has 1 aromatic carbocycles. The van der Waals surface area contributed by atoms with Crippen LogP contribution in [-0.2, 0) is 11.3 Å². The molecule has 0 aliphatic heterocycles. The summed E-state index contributed by atoms with van der Waals surface area (Å²) in [4.78, 5) is 12.2. The molecule has 0 saturated heterocycles. The van der Waals surface area contributed by atoms with E-state index in [1.165, 1.54) is 19.3 Å². The molecule has 1 saturated carbocycles. The maximum atomic E-state index is 12.2. The zero-order chi connectivity index (χ0) is 14.5. The van der Waals surface area contributed by atoms with Crippen molar-refractivity contribution in [3.8, 4) is 11.3 Å². The van der Waals surface area contributed by atoms with Crippen LogP contribution in [0.15, 0.2) is 47.1 Å². The van der Waals surface area contributed by atoms with Crippen LogP contribution >= 0.6 is 0 Å². The zero-order valence-corrected chi connectivity index (χ0v) is 12.2. The highest BCUT2D eigenvalue weighted by Crippen LogP contribution is 2.24. The Morgan fingerprint density at radius 3 is 2.76 bits per heavy atom. The van der Waals surface area contributed by atoms with Crippen LogP contribution in [0.2, 0.25) is 0 Å². The first-order valence-electron chi connectivity index (χ1n) is 7.73. The number of rotatable bonds is 4. The van der Waals surface area contributed by atoms with Gasteiger partial charge in [0, 0.05) is 18.0 Å². The van der Waals surface area contributed by atoms with Crippen molar-refractivity contribution in [3.05, 3.63) is 48.2 Å². The molecule has 3 heteroatoms. The monoisotopic (exact) mass is 283 g/mol. The van der Waals surface area contributed by atoms with Crippen LogP contribution in [0, 0.1) is 5.92 Å². The summed E-state index contributed by atoms with van der Waals surface area (Å²) in [5.74, 6) is 1.28. The van der Waals surface area contributed by atoms with Gasteiger partial charge in [0.15, 0.2) is 0 Å². The van der Waals surface area contributed by atoms with E-state index in [0.29, 0.717) is 6.54 Å². The molecule has 0 bridgehead atoms. The summed E-state index contributed by atoms with van der Waals surface area (Å²) >= 11 is 0. The molecule has 3 nitrogen and oxygen atoms in total. The largest absolute Gasteiger partial charge is 0.464 e. The maximum Gasteiger partial charge on any atom is 0.223 e. The standard InChI is InChI=1S/C18H21NO2/c20-18(15-7-2-1-3-8-15)19-13-14-6-4-9-16(12-14)17-10-5-11-21-17/h4-6,9-12,15H,1-3,7-8,13H2,(H,19,20). The van der Waals surface area contributed by atoms with E-state index in [9.17, 15) is 4.79 Å². The Morgan fingerprint density at radius 1 is 1.14 bits per heavy atom. The summed E-state index contributed by atoms with van der Waals surface area (Å²) in [5.41, 5.74) is 2.15. The number of carbonyl (C=O) groups is 1. The van der Waals surface area contributed by atoms with Gasteiger partial charge in [-0.2, -0.15) is 0 Å². The maximum absolute atomic E-state index is 12.2. The minimum atomic E-state index is 0.207. The van der Waals surface area contributed by atoms with E-state index in [2.05, 4.69) is 11.4 Å². The lowest BCUT2D eigenvalue weighted by Gasteiger charge is -2.20. The average Bonchev–Trinajstić information content (AvgIpc) is 3.08. The van der Waals surface area contributed by atoms with E-state index < -0.39 is 0 Å². The fourth-order valence-electron chi connectivity index (χ4n) is 2.98. The molecule has 1 fully saturated rings. The molecule has 110 valence electrons. The quantitative estimate of drug-likeness (QED) is 0.916. The van der Waals surface area contributed by atoms with Gasteiger partial charge in [0.2, 0.25) is 5.91 Å². The van der Waals surface area contributed by atoms with E-state index >= 15 is 0 Å². The SMILES string of the molecule is O=C(NCc1cccc(-c2ccco2)c1)C1CCCCC1. The molecule has 3 rings (SSSR count). The molecule has 0 unspecified atom stereocenters. The molecule has 1 amide bonds. The van der Waals surface area contributed by atoms with Gasteiger partial charge >= 0.3 is 0 Å². The van der Waals surface area contributed by atoms with Crippen molar-refractivity contribution in [2.45, 2.75) is 38.6 Å². The zero-order valence-electron chi connectivity index (χ0n) is 12.2. The molecule has 0 radical (unpaired) electrons. The van der Waals surface area contributed by atoms with Gasteiger partial charge in [0.1, 0.15) is 5.76 Å². The summed E-state index contributed by atoms with van der Waals surface area (Å²) in [7, 11) is 0. The van der Waals surface area contributed by atoms with Crippen LogP contribution in [0.3, 0.4) is 0 Å². The number of benzene rings is 1. The normalized spacial score (nSPS) is 15.8. The van der Waals surface area contributed by atoms with E-state index in [0.717, 1.165) is 29.7 Å². The Kier molecular flexibility index (Phi) is 4.39. The third-order valence-electron chi connectivity index (χ3n) is 4.18. The van der Waals surface area contributed by atoms with Gasteiger partial charge in [-0.3, -0.25) is 4.79 Å². The Morgan fingerprint density at radius 2 is 2.00 bits per heavy atom. The Labute approximate surface area is 125 Å². The number of amides is 1. The van der Waals surface area contributed by atoms with Gasteiger partial charge in [0.25, 0.3) is 0 Å². The molecule has 1 heterocycles. The van der Waals surface area contributed by atoms with Crippen molar-refractivity contribution in [3.63, 3.8) is 0 Å². The van der Waals surface area contributed by atoms with Gasteiger partial charge in [0.05, 0.1) is 6.26 Å². The Balaban J connectivity index is 1.60. The Hall–Kier alpha value is -2.03. The average molecular weight is 283 g/mol. The van der Waals surface area contributed by atoms with Crippen LogP contribution < -0.4 is 5.32 Å². The molecule has 0 atom stereocenters. The second kappa shape index (κ2) is 6.61. The lowest BCUT2D eigenvalue weighted by molar-refractivity contribution is -0.126. The van der Waals surface area contributed by atoms with Crippen molar-refractivity contribution >= 4 is 5.91 Å². The lowest BCUT2D eigenvalue weighted by atomic mass is 9.88. The van der Waals surface area contributed by atoms with Gasteiger partial charge < -0.3 is 9.73 Å². The number of hydrogen-bond acceptors (Lipinski definition) is 2.